The Hall–Kier alpha value is -2.86. The number of likely N-dealkylation sites (tertiary alicyclic amines) is 1. The first kappa shape index (κ1) is 23.8. The minimum Gasteiger partial charge on any atom is -0.495 e. The normalized spacial score (nSPS) is 14.6. The second-order valence-electron chi connectivity index (χ2n) is 8.61. The number of para-hydroxylation sites is 2. The Morgan fingerprint density at radius 3 is 2.34 bits per heavy atom. The third-order valence-electron chi connectivity index (χ3n) is 6.24. The number of nitrogens with one attached hydrogen (secondary N) is 1. The van der Waals surface area contributed by atoms with E-state index in [0.717, 1.165) is 13.1 Å². The number of piperidine rings is 1. The Morgan fingerprint density at radius 1 is 1.09 bits per heavy atom. The molecule has 2 aromatic rings. The van der Waals surface area contributed by atoms with Gasteiger partial charge in [-0.25, -0.2) is 0 Å². The Morgan fingerprint density at radius 2 is 1.75 bits per heavy atom. The van der Waals surface area contributed by atoms with Crippen molar-refractivity contribution in [3.05, 3.63) is 59.7 Å². The Labute approximate surface area is 191 Å². The minimum atomic E-state index is -0.109. The van der Waals surface area contributed by atoms with Gasteiger partial charge in [0.15, 0.2) is 0 Å². The molecular formula is C26H35N3O3. The van der Waals surface area contributed by atoms with Crippen LogP contribution in [0.1, 0.15) is 49.5 Å². The Kier molecular flexibility index (Phi) is 8.28. The summed E-state index contributed by atoms with van der Waals surface area (Å²) in [6.45, 7) is 9.61. The molecule has 1 aliphatic rings. The molecule has 0 spiro atoms. The van der Waals surface area contributed by atoms with Crippen LogP contribution in [0.15, 0.2) is 48.5 Å². The monoisotopic (exact) mass is 437 g/mol. The highest BCUT2D eigenvalue weighted by Crippen LogP contribution is 2.26. The third kappa shape index (κ3) is 5.88. The largest absolute Gasteiger partial charge is 0.495 e. The average Bonchev–Trinajstić information content (AvgIpc) is 2.82. The predicted octanol–water partition coefficient (Wildman–Crippen LogP) is 4.42. The van der Waals surface area contributed by atoms with E-state index in [9.17, 15) is 9.59 Å². The molecule has 0 radical (unpaired) electrons. The number of carbonyl (C=O) groups is 2. The van der Waals surface area contributed by atoms with Crippen LogP contribution in [0.5, 0.6) is 5.75 Å². The van der Waals surface area contributed by atoms with Crippen molar-refractivity contribution in [2.24, 2.45) is 5.92 Å². The molecule has 6 heteroatoms. The molecule has 3 rings (SSSR count). The van der Waals surface area contributed by atoms with Gasteiger partial charge < -0.3 is 15.0 Å². The lowest BCUT2D eigenvalue weighted by Gasteiger charge is -2.31. The zero-order valence-electron chi connectivity index (χ0n) is 19.6. The van der Waals surface area contributed by atoms with Crippen LogP contribution in [-0.2, 0) is 11.3 Å². The highest BCUT2D eigenvalue weighted by Gasteiger charge is 2.28. The molecule has 0 aromatic heterocycles. The zero-order valence-corrected chi connectivity index (χ0v) is 19.6. The van der Waals surface area contributed by atoms with Crippen molar-refractivity contribution >= 4 is 17.5 Å². The predicted molar refractivity (Wildman–Crippen MR) is 128 cm³/mol. The van der Waals surface area contributed by atoms with Crippen molar-refractivity contribution in [3.63, 3.8) is 0 Å². The number of hydrogen-bond donors (Lipinski definition) is 1. The number of methoxy groups -OCH3 is 1. The summed E-state index contributed by atoms with van der Waals surface area (Å²) in [6, 6.07) is 15.8. The summed E-state index contributed by atoms with van der Waals surface area (Å²) in [6.07, 6.45) is 1.31. The second-order valence-corrected chi connectivity index (χ2v) is 8.61. The van der Waals surface area contributed by atoms with E-state index in [1.165, 1.54) is 5.56 Å². The molecule has 1 saturated heterocycles. The van der Waals surface area contributed by atoms with Gasteiger partial charge in [-0.2, -0.15) is 0 Å². The number of hydrogen-bond acceptors (Lipinski definition) is 4. The van der Waals surface area contributed by atoms with Crippen LogP contribution in [0.25, 0.3) is 0 Å². The molecule has 1 fully saturated rings. The van der Waals surface area contributed by atoms with Crippen molar-refractivity contribution < 1.29 is 14.3 Å². The van der Waals surface area contributed by atoms with Gasteiger partial charge in [0.25, 0.3) is 5.91 Å². The summed E-state index contributed by atoms with van der Waals surface area (Å²) < 4.78 is 5.31. The first-order valence-electron chi connectivity index (χ1n) is 11.5. The molecule has 6 nitrogen and oxygen atoms in total. The molecule has 1 aliphatic heterocycles. The fourth-order valence-electron chi connectivity index (χ4n) is 4.16. The van der Waals surface area contributed by atoms with E-state index in [-0.39, 0.29) is 17.7 Å². The van der Waals surface area contributed by atoms with Gasteiger partial charge in [0.2, 0.25) is 5.91 Å². The standard InChI is InChI=1S/C26H35N3O3/c1-5-28(19(2)3)18-20-10-12-22(13-11-20)26(31)29-16-14-21(15-17-29)25(30)27-23-8-6-7-9-24(23)32-4/h6-13,19,21H,5,14-18H2,1-4H3,(H,27,30). The average molecular weight is 438 g/mol. The highest BCUT2D eigenvalue weighted by molar-refractivity contribution is 5.96. The first-order valence-corrected chi connectivity index (χ1v) is 11.5. The van der Waals surface area contributed by atoms with Gasteiger partial charge in [-0.15, -0.1) is 0 Å². The van der Waals surface area contributed by atoms with E-state index in [4.69, 9.17) is 4.74 Å². The fraction of sp³-hybridized carbons (Fsp3) is 0.462. The number of nitrogens with zero attached hydrogens (tertiary/aromatic N) is 2. The van der Waals surface area contributed by atoms with E-state index >= 15 is 0 Å². The number of anilines is 1. The maximum absolute atomic E-state index is 12.9. The number of benzene rings is 2. The fourth-order valence-corrected chi connectivity index (χ4v) is 4.16. The Bertz CT molecular complexity index is 903. The van der Waals surface area contributed by atoms with Crippen LogP contribution in [0.3, 0.4) is 0 Å². The maximum atomic E-state index is 12.9. The van der Waals surface area contributed by atoms with Crippen LogP contribution >= 0.6 is 0 Å². The molecular weight excluding hydrogens is 402 g/mol. The van der Waals surface area contributed by atoms with Gasteiger partial charge >= 0.3 is 0 Å². The van der Waals surface area contributed by atoms with Crippen LogP contribution < -0.4 is 10.1 Å². The van der Waals surface area contributed by atoms with E-state index in [2.05, 4.69) is 31.0 Å². The zero-order chi connectivity index (χ0) is 23.1. The molecule has 0 saturated carbocycles. The van der Waals surface area contributed by atoms with Gasteiger partial charge in [0.1, 0.15) is 5.75 Å². The Balaban J connectivity index is 1.53. The van der Waals surface area contributed by atoms with Crippen LogP contribution in [0, 0.1) is 5.92 Å². The molecule has 32 heavy (non-hydrogen) atoms. The van der Waals surface area contributed by atoms with Gasteiger partial charge in [-0.1, -0.05) is 31.2 Å². The number of carbonyl (C=O) groups excluding carboxylic acids is 2. The molecule has 0 bridgehead atoms. The molecule has 0 aliphatic carbocycles. The topological polar surface area (TPSA) is 61.9 Å². The van der Waals surface area contributed by atoms with Gasteiger partial charge in [-0.3, -0.25) is 14.5 Å². The van der Waals surface area contributed by atoms with Crippen molar-refractivity contribution in [2.75, 3.05) is 32.1 Å². The molecule has 0 atom stereocenters. The second kappa shape index (κ2) is 11.1. The summed E-state index contributed by atoms with van der Waals surface area (Å²) in [5.41, 5.74) is 2.60. The number of ether oxygens (including phenoxy) is 1. The lowest BCUT2D eigenvalue weighted by atomic mass is 9.95. The molecule has 2 aromatic carbocycles. The minimum absolute atomic E-state index is 0.0171. The van der Waals surface area contributed by atoms with Crippen LogP contribution in [0.4, 0.5) is 5.69 Å². The molecule has 2 amide bonds. The van der Waals surface area contributed by atoms with Gasteiger partial charge in [0, 0.05) is 37.2 Å². The van der Waals surface area contributed by atoms with Crippen molar-refractivity contribution in [1.29, 1.82) is 0 Å². The maximum Gasteiger partial charge on any atom is 0.253 e. The van der Waals surface area contributed by atoms with Crippen molar-refractivity contribution in [1.82, 2.24) is 9.80 Å². The number of amides is 2. The lowest BCUT2D eigenvalue weighted by Crippen LogP contribution is -2.41. The molecule has 0 unspecified atom stereocenters. The molecule has 1 N–H and O–H groups in total. The quantitative estimate of drug-likeness (QED) is 0.664. The summed E-state index contributed by atoms with van der Waals surface area (Å²) in [7, 11) is 1.59. The summed E-state index contributed by atoms with van der Waals surface area (Å²) in [5, 5.41) is 2.97. The van der Waals surface area contributed by atoms with Crippen LogP contribution in [0.2, 0.25) is 0 Å². The summed E-state index contributed by atoms with van der Waals surface area (Å²) in [5.74, 6) is 0.558. The van der Waals surface area contributed by atoms with Gasteiger partial charge in [-0.05, 0) is 63.1 Å². The van der Waals surface area contributed by atoms with Crippen molar-refractivity contribution in [2.45, 2.75) is 46.2 Å². The third-order valence-corrected chi connectivity index (χ3v) is 6.24. The van der Waals surface area contributed by atoms with Crippen molar-refractivity contribution in [3.8, 4) is 5.75 Å². The highest BCUT2D eigenvalue weighted by atomic mass is 16.5. The van der Waals surface area contributed by atoms with E-state index < -0.39 is 0 Å². The smallest absolute Gasteiger partial charge is 0.253 e. The van der Waals surface area contributed by atoms with E-state index in [1.807, 2.05) is 53.4 Å². The molecule has 172 valence electrons. The number of rotatable bonds is 8. The summed E-state index contributed by atoms with van der Waals surface area (Å²) in [4.78, 5) is 29.9. The van der Waals surface area contributed by atoms with Crippen LogP contribution in [-0.4, -0.2) is 54.4 Å². The van der Waals surface area contributed by atoms with E-state index in [1.54, 1.807) is 7.11 Å². The van der Waals surface area contributed by atoms with E-state index in [0.29, 0.717) is 49.0 Å². The molecule has 1 heterocycles. The first-order chi connectivity index (χ1) is 15.4. The SMILES string of the molecule is CCN(Cc1ccc(C(=O)N2CCC(C(=O)Nc3ccccc3OC)CC2)cc1)C(C)C. The lowest BCUT2D eigenvalue weighted by molar-refractivity contribution is -0.121. The van der Waals surface area contributed by atoms with Gasteiger partial charge in [0.05, 0.1) is 12.8 Å². The summed E-state index contributed by atoms with van der Waals surface area (Å²) >= 11 is 0.